The number of sulfonamides is 1. The Bertz CT molecular complexity index is 645. The lowest BCUT2D eigenvalue weighted by Gasteiger charge is -2.32. The number of aryl methyl sites for hydroxylation is 1. The molecule has 0 aromatic heterocycles. The van der Waals surface area contributed by atoms with Crippen LogP contribution in [0.4, 0.5) is 11.4 Å². The number of nitrogens with one attached hydrogen (secondary N) is 1. The van der Waals surface area contributed by atoms with Gasteiger partial charge in [-0.15, -0.1) is 0 Å². The molecule has 1 aliphatic heterocycles. The second kappa shape index (κ2) is 5.98. The summed E-state index contributed by atoms with van der Waals surface area (Å²) in [4.78, 5) is 10.4. The molecule has 1 aromatic carbocycles. The van der Waals surface area contributed by atoms with Gasteiger partial charge in [-0.2, -0.15) is 0 Å². The molecule has 0 bridgehead atoms. The normalized spacial score (nSPS) is 20.2. The zero-order chi connectivity index (χ0) is 15.6. The molecular formula is C13H19N3O4S. The van der Waals surface area contributed by atoms with Gasteiger partial charge >= 0.3 is 0 Å². The Morgan fingerprint density at radius 1 is 1.43 bits per heavy atom. The predicted octanol–water partition coefficient (Wildman–Crippen LogP) is 1.74. The summed E-state index contributed by atoms with van der Waals surface area (Å²) >= 11 is 0. The SMILES string of the molecule is Cc1cc(NC2CCCN(S(C)(=O)=O)C2)ccc1[N+](=O)[O-]. The van der Waals surface area contributed by atoms with Gasteiger partial charge in [0.05, 0.1) is 11.2 Å². The Labute approximate surface area is 124 Å². The quantitative estimate of drug-likeness (QED) is 0.675. The van der Waals surface area contributed by atoms with Crippen LogP contribution in [-0.2, 0) is 10.0 Å². The third-order valence-corrected chi connectivity index (χ3v) is 4.89. The number of hydrogen-bond donors (Lipinski definition) is 1. The van der Waals surface area contributed by atoms with E-state index in [0.717, 1.165) is 18.5 Å². The summed E-state index contributed by atoms with van der Waals surface area (Å²) in [5.41, 5.74) is 1.45. The summed E-state index contributed by atoms with van der Waals surface area (Å²) in [5.74, 6) is 0. The lowest BCUT2D eigenvalue weighted by Crippen LogP contribution is -2.44. The fraction of sp³-hybridized carbons (Fsp3) is 0.538. The van der Waals surface area contributed by atoms with Crippen molar-refractivity contribution in [1.29, 1.82) is 0 Å². The average molecular weight is 313 g/mol. The summed E-state index contributed by atoms with van der Waals surface area (Å²) in [6, 6.07) is 4.87. The molecule has 1 saturated heterocycles. The molecule has 1 unspecified atom stereocenters. The summed E-state index contributed by atoms with van der Waals surface area (Å²) in [6.45, 7) is 2.66. The first-order valence-corrected chi connectivity index (χ1v) is 8.59. The summed E-state index contributed by atoms with van der Waals surface area (Å²) in [5, 5.41) is 14.0. The molecule has 0 radical (unpaired) electrons. The second-order valence-electron chi connectivity index (χ2n) is 5.36. The molecule has 0 saturated carbocycles. The molecule has 7 nitrogen and oxygen atoms in total. The number of anilines is 1. The van der Waals surface area contributed by atoms with Gasteiger partial charge in [0, 0.05) is 36.4 Å². The number of nitro benzene ring substituents is 1. The Kier molecular flexibility index (Phi) is 4.48. The van der Waals surface area contributed by atoms with Crippen LogP contribution in [0.2, 0.25) is 0 Å². The first-order chi connectivity index (χ1) is 9.77. The molecule has 1 aliphatic rings. The van der Waals surface area contributed by atoms with E-state index >= 15 is 0 Å². The molecule has 1 atom stereocenters. The van der Waals surface area contributed by atoms with Crippen LogP contribution in [0.3, 0.4) is 0 Å². The highest BCUT2D eigenvalue weighted by Crippen LogP contribution is 2.23. The molecule has 21 heavy (non-hydrogen) atoms. The van der Waals surface area contributed by atoms with Crippen LogP contribution in [-0.4, -0.2) is 43.0 Å². The van der Waals surface area contributed by atoms with Gasteiger partial charge in [0.1, 0.15) is 0 Å². The maximum atomic E-state index is 11.6. The molecule has 2 rings (SSSR count). The van der Waals surface area contributed by atoms with E-state index < -0.39 is 14.9 Å². The summed E-state index contributed by atoms with van der Waals surface area (Å²) in [7, 11) is -3.17. The first-order valence-electron chi connectivity index (χ1n) is 6.74. The Morgan fingerprint density at radius 2 is 2.14 bits per heavy atom. The highest BCUT2D eigenvalue weighted by molar-refractivity contribution is 7.88. The number of rotatable bonds is 4. The molecule has 1 aromatic rings. The maximum absolute atomic E-state index is 11.6. The van der Waals surface area contributed by atoms with Crippen molar-refractivity contribution >= 4 is 21.4 Å². The standard InChI is InChI=1S/C13H19N3O4S/c1-10-8-11(5-6-13(10)16(17)18)14-12-4-3-7-15(9-12)21(2,19)20/h5-6,8,12,14H,3-4,7,9H2,1-2H3. The predicted molar refractivity (Wildman–Crippen MR) is 80.9 cm³/mol. The molecule has 0 amide bonds. The third kappa shape index (κ3) is 3.92. The molecule has 0 aliphatic carbocycles. The van der Waals surface area contributed by atoms with Crippen molar-refractivity contribution in [2.75, 3.05) is 24.7 Å². The summed E-state index contributed by atoms with van der Waals surface area (Å²) in [6.07, 6.45) is 2.89. The number of piperidine rings is 1. The lowest BCUT2D eigenvalue weighted by atomic mass is 10.1. The van der Waals surface area contributed by atoms with Crippen LogP contribution < -0.4 is 5.32 Å². The number of nitrogens with zero attached hydrogens (tertiary/aromatic N) is 2. The minimum atomic E-state index is -3.17. The van der Waals surface area contributed by atoms with Gasteiger partial charge in [0.2, 0.25) is 10.0 Å². The van der Waals surface area contributed by atoms with Gasteiger partial charge in [-0.05, 0) is 31.9 Å². The van der Waals surface area contributed by atoms with E-state index in [1.54, 1.807) is 19.1 Å². The molecule has 8 heteroatoms. The van der Waals surface area contributed by atoms with Crippen molar-refractivity contribution in [3.8, 4) is 0 Å². The number of nitro groups is 1. The van der Waals surface area contributed by atoms with Gasteiger partial charge < -0.3 is 5.32 Å². The van der Waals surface area contributed by atoms with E-state index in [9.17, 15) is 18.5 Å². The summed E-state index contributed by atoms with van der Waals surface area (Å²) < 4.78 is 24.6. The Balaban J connectivity index is 2.08. The van der Waals surface area contributed by atoms with Crippen molar-refractivity contribution in [2.24, 2.45) is 0 Å². The van der Waals surface area contributed by atoms with E-state index in [4.69, 9.17) is 0 Å². The fourth-order valence-electron chi connectivity index (χ4n) is 2.55. The second-order valence-corrected chi connectivity index (χ2v) is 7.35. The maximum Gasteiger partial charge on any atom is 0.272 e. The molecule has 0 spiro atoms. The minimum absolute atomic E-state index is 0.0225. The fourth-order valence-corrected chi connectivity index (χ4v) is 3.46. The first kappa shape index (κ1) is 15.7. The van der Waals surface area contributed by atoms with Crippen LogP contribution >= 0.6 is 0 Å². The number of benzene rings is 1. The van der Waals surface area contributed by atoms with Crippen LogP contribution in [0, 0.1) is 17.0 Å². The van der Waals surface area contributed by atoms with Crippen molar-refractivity contribution in [3.05, 3.63) is 33.9 Å². The van der Waals surface area contributed by atoms with Crippen LogP contribution in [0.15, 0.2) is 18.2 Å². The van der Waals surface area contributed by atoms with Crippen LogP contribution in [0.5, 0.6) is 0 Å². The van der Waals surface area contributed by atoms with Gasteiger partial charge in [0.15, 0.2) is 0 Å². The smallest absolute Gasteiger partial charge is 0.272 e. The van der Waals surface area contributed by atoms with Gasteiger partial charge in [-0.3, -0.25) is 10.1 Å². The zero-order valence-corrected chi connectivity index (χ0v) is 12.9. The monoisotopic (exact) mass is 313 g/mol. The minimum Gasteiger partial charge on any atom is -0.381 e. The van der Waals surface area contributed by atoms with Gasteiger partial charge in [0.25, 0.3) is 5.69 Å². The van der Waals surface area contributed by atoms with E-state index in [-0.39, 0.29) is 11.7 Å². The Hall–Kier alpha value is -1.67. The van der Waals surface area contributed by atoms with Crippen LogP contribution in [0.1, 0.15) is 18.4 Å². The molecule has 1 fully saturated rings. The number of hydrogen-bond acceptors (Lipinski definition) is 5. The van der Waals surface area contributed by atoms with E-state index in [1.807, 2.05) is 0 Å². The van der Waals surface area contributed by atoms with E-state index in [2.05, 4.69) is 5.32 Å². The van der Waals surface area contributed by atoms with Crippen molar-refractivity contribution in [3.63, 3.8) is 0 Å². The largest absolute Gasteiger partial charge is 0.381 e. The van der Waals surface area contributed by atoms with Crippen molar-refractivity contribution < 1.29 is 13.3 Å². The topological polar surface area (TPSA) is 92.6 Å². The lowest BCUT2D eigenvalue weighted by molar-refractivity contribution is -0.385. The van der Waals surface area contributed by atoms with Gasteiger partial charge in [-0.25, -0.2) is 12.7 Å². The zero-order valence-electron chi connectivity index (χ0n) is 12.1. The van der Waals surface area contributed by atoms with Crippen LogP contribution in [0.25, 0.3) is 0 Å². The van der Waals surface area contributed by atoms with E-state index in [0.29, 0.717) is 18.7 Å². The Morgan fingerprint density at radius 3 is 2.71 bits per heavy atom. The van der Waals surface area contributed by atoms with Crippen molar-refractivity contribution in [1.82, 2.24) is 4.31 Å². The molecule has 116 valence electrons. The van der Waals surface area contributed by atoms with Crippen molar-refractivity contribution in [2.45, 2.75) is 25.8 Å². The average Bonchev–Trinajstić information content (AvgIpc) is 2.37. The third-order valence-electron chi connectivity index (χ3n) is 3.62. The van der Waals surface area contributed by atoms with Gasteiger partial charge in [-0.1, -0.05) is 0 Å². The van der Waals surface area contributed by atoms with E-state index in [1.165, 1.54) is 16.6 Å². The molecule has 1 heterocycles. The highest BCUT2D eigenvalue weighted by Gasteiger charge is 2.25. The molecular weight excluding hydrogens is 294 g/mol. The molecule has 1 N–H and O–H groups in total. The highest BCUT2D eigenvalue weighted by atomic mass is 32.2.